The molecule has 0 amide bonds. The number of para-hydroxylation sites is 1. The molecule has 3 heteroatoms. The van der Waals surface area contributed by atoms with E-state index in [0.717, 1.165) is 16.8 Å². The van der Waals surface area contributed by atoms with Gasteiger partial charge in [-0.15, -0.1) is 11.6 Å². The highest BCUT2D eigenvalue weighted by molar-refractivity contribution is 6.17. The predicted octanol–water partition coefficient (Wildman–Crippen LogP) is 4.64. The van der Waals surface area contributed by atoms with E-state index >= 15 is 0 Å². The Morgan fingerprint density at radius 1 is 1.11 bits per heavy atom. The molecule has 94 valence electrons. The molecule has 2 aromatic rings. The number of alkyl halides is 1. The van der Waals surface area contributed by atoms with E-state index in [2.05, 4.69) is 0 Å². The van der Waals surface area contributed by atoms with Gasteiger partial charge in [-0.25, -0.2) is 4.39 Å². The molecule has 0 aliphatic rings. The second-order valence-electron chi connectivity index (χ2n) is 4.26. The van der Waals surface area contributed by atoms with Crippen LogP contribution >= 0.6 is 11.6 Å². The topological polar surface area (TPSA) is 3.24 Å². The van der Waals surface area contributed by atoms with Crippen molar-refractivity contribution in [2.24, 2.45) is 0 Å². The molecule has 0 aromatic heterocycles. The maximum absolute atomic E-state index is 13.7. The summed E-state index contributed by atoms with van der Waals surface area (Å²) in [6, 6.07) is 12.7. The summed E-state index contributed by atoms with van der Waals surface area (Å²) in [7, 11) is 1.86. The molecule has 0 atom stereocenters. The van der Waals surface area contributed by atoms with Gasteiger partial charge in [0.15, 0.2) is 0 Å². The molecule has 0 aliphatic carbocycles. The molecule has 0 N–H and O–H groups in total. The van der Waals surface area contributed by atoms with Crippen molar-refractivity contribution in [3.63, 3.8) is 0 Å². The minimum absolute atomic E-state index is 0.221. The van der Waals surface area contributed by atoms with Crippen LogP contribution < -0.4 is 4.90 Å². The van der Waals surface area contributed by atoms with Gasteiger partial charge in [-0.2, -0.15) is 0 Å². The quantitative estimate of drug-likeness (QED) is 0.729. The van der Waals surface area contributed by atoms with Crippen LogP contribution in [0.5, 0.6) is 0 Å². The first-order chi connectivity index (χ1) is 8.63. The highest BCUT2D eigenvalue weighted by Gasteiger charge is 2.10. The zero-order valence-electron chi connectivity index (χ0n) is 10.5. The van der Waals surface area contributed by atoms with E-state index in [-0.39, 0.29) is 5.82 Å². The number of hydrogen-bond acceptors (Lipinski definition) is 1. The molecule has 0 spiro atoms. The molecule has 0 fully saturated rings. The number of rotatable bonds is 3. The van der Waals surface area contributed by atoms with Crippen LogP contribution in [0.3, 0.4) is 0 Å². The van der Waals surface area contributed by atoms with Crippen LogP contribution in [0.2, 0.25) is 0 Å². The summed E-state index contributed by atoms with van der Waals surface area (Å²) in [6.07, 6.45) is 0. The lowest BCUT2D eigenvalue weighted by Gasteiger charge is -2.22. The maximum Gasteiger partial charge on any atom is 0.146 e. The zero-order chi connectivity index (χ0) is 13.1. The van der Waals surface area contributed by atoms with E-state index in [9.17, 15) is 4.39 Å². The van der Waals surface area contributed by atoms with Crippen LogP contribution in [-0.4, -0.2) is 7.05 Å². The van der Waals surface area contributed by atoms with Crippen molar-refractivity contribution in [2.75, 3.05) is 11.9 Å². The van der Waals surface area contributed by atoms with Gasteiger partial charge in [0.2, 0.25) is 0 Å². The zero-order valence-corrected chi connectivity index (χ0v) is 11.2. The largest absolute Gasteiger partial charge is 0.342 e. The Hall–Kier alpha value is -1.54. The SMILES string of the molecule is Cc1cc(CCl)ccc1N(C)c1ccccc1F. The van der Waals surface area contributed by atoms with Crippen LogP contribution in [0, 0.1) is 12.7 Å². The Labute approximate surface area is 112 Å². The molecule has 0 radical (unpaired) electrons. The van der Waals surface area contributed by atoms with E-state index in [0.29, 0.717) is 11.6 Å². The normalized spacial score (nSPS) is 10.4. The fraction of sp³-hybridized carbons (Fsp3) is 0.200. The molecule has 0 saturated carbocycles. The predicted molar refractivity (Wildman–Crippen MR) is 75.2 cm³/mol. The fourth-order valence-corrected chi connectivity index (χ4v) is 2.20. The van der Waals surface area contributed by atoms with Crippen molar-refractivity contribution in [2.45, 2.75) is 12.8 Å². The molecular formula is C15H15ClFN. The smallest absolute Gasteiger partial charge is 0.146 e. The third-order valence-electron chi connectivity index (χ3n) is 2.99. The second-order valence-corrected chi connectivity index (χ2v) is 4.53. The van der Waals surface area contributed by atoms with Crippen LogP contribution in [0.4, 0.5) is 15.8 Å². The van der Waals surface area contributed by atoms with Gasteiger partial charge in [0.25, 0.3) is 0 Å². The average molecular weight is 264 g/mol. The van der Waals surface area contributed by atoms with Gasteiger partial charge in [0.05, 0.1) is 5.69 Å². The van der Waals surface area contributed by atoms with Crippen molar-refractivity contribution in [3.8, 4) is 0 Å². The Morgan fingerprint density at radius 2 is 1.83 bits per heavy atom. The molecule has 0 unspecified atom stereocenters. The summed E-state index contributed by atoms with van der Waals surface area (Å²) < 4.78 is 13.7. The van der Waals surface area contributed by atoms with Gasteiger partial charge < -0.3 is 4.90 Å². The first-order valence-electron chi connectivity index (χ1n) is 5.77. The molecule has 0 heterocycles. The fourth-order valence-electron chi connectivity index (χ4n) is 2.03. The lowest BCUT2D eigenvalue weighted by atomic mass is 10.1. The van der Waals surface area contributed by atoms with Crippen molar-refractivity contribution in [1.82, 2.24) is 0 Å². The number of aryl methyl sites for hydroxylation is 1. The van der Waals surface area contributed by atoms with E-state index in [1.54, 1.807) is 12.1 Å². The second kappa shape index (κ2) is 5.40. The lowest BCUT2D eigenvalue weighted by Crippen LogP contribution is -2.12. The summed E-state index contributed by atoms with van der Waals surface area (Å²) in [6.45, 7) is 2.00. The van der Waals surface area contributed by atoms with Crippen molar-refractivity contribution in [1.29, 1.82) is 0 Å². The number of anilines is 2. The number of halogens is 2. The number of hydrogen-bond donors (Lipinski definition) is 0. The third-order valence-corrected chi connectivity index (χ3v) is 3.30. The van der Waals surface area contributed by atoms with E-state index in [1.165, 1.54) is 6.07 Å². The van der Waals surface area contributed by atoms with Gasteiger partial charge >= 0.3 is 0 Å². The Kier molecular flexibility index (Phi) is 3.87. The lowest BCUT2D eigenvalue weighted by molar-refractivity contribution is 0.627. The summed E-state index contributed by atoms with van der Waals surface area (Å²) in [5.74, 6) is 0.269. The molecule has 18 heavy (non-hydrogen) atoms. The van der Waals surface area contributed by atoms with Gasteiger partial charge in [-0.3, -0.25) is 0 Å². The highest BCUT2D eigenvalue weighted by Crippen LogP contribution is 2.29. The first kappa shape index (κ1) is 12.9. The Bertz CT molecular complexity index is 554. The van der Waals surface area contributed by atoms with E-state index in [1.807, 2.05) is 43.1 Å². The Balaban J connectivity index is 2.40. The summed E-state index contributed by atoms with van der Waals surface area (Å²) >= 11 is 5.80. The highest BCUT2D eigenvalue weighted by atomic mass is 35.5. The van der Waals surface area contributed by atoms with Gasteiger partial charge in [0.1, 0.15) is 5.82 Å². The summed E-state index contributed by atoms with van der Waals surface area (Å²) in [5, 5.41) is 0. The van der Waals surface area contributed by atoms with Crippen LogP contribution in [0.15, 0.2) is 42.5 Å². The van der Waals surface area contributed by atoms with Gasteiger partial charge in [-0.1, -0.05) is 24.3 Å². The maximum atomic E-state index is 13.7. The number of benzene rings is 2. The molecule has 1 nitrogen and oxygen atoms in total. The van der Waals surface area contributed by atoms with Crippen molar-refractivity contribution >= 4 is 23.0 Å². The van der Waals surface area contributed by atoms with Crippen molar-refractivity contribution in [3.05, 3.63) is 59.4 Å². The summed E-state index contributed by atoms with van der Waals surface area (Å²) in [4.78, 5) is 1.85. The summed E-state index contributed by atoms with van der Waals surface area (Å²) in [5.41, 5.74) is 3.70. The minimum Gasteiger partial charge on any atom is -0.342 e. The monoisotopic (exact) mass is 263 g/mol. The minimum atomic E-state index is -0.221. The molecule has 2 rings (SSSR count). The number of nitrogens with zero attached hydrogens (tertiary/aromatic N) is 1. The molecule has 0 bridgehead atoms. The van der Waals surface area contributed by atoms with E-state index in [4.69, 9.17) is 11.6 Å². The van der Waals surface area contributed by atoms with Crippen LogP contribution in [0.25, 0.3) is 0 Å². The standard InChI is InChI=1S/C15H15ClFN/c1-11-9-12(10-16)7-8-14(11)18(2)15-6-4-3-5-13(15)17/h3-9H,10H2,1-2H3. The van der Waals surface area contributed by atoms with Gasteiger partial charge in [-0.05, 0) is 36.2 Å². The molecule has 0 saturated heterocycles. The molecule has 0 aliphatic heterocycles. The third kappa shape index (κ3) is 2.49. The Morgan fingerprint density at radius 3 is 2.44 bits per heavy atom. The first-order valence-corrected chi connectivity index (χ1v) is 6.30. The van der Waals surface area contributed by atoms with Crippen LogP contribution in [-0.2, 0) is 5.88 Å². The van der Waals surface area contributed by atoms with E-state index < -0.39 is 0 Å². The van der Waals surface area contributed by atoms with Crippen LogP contribution in [0.1, 0.15) is 11.1 Å². The van der Waals surface area contributed by atoms with Crippen molar-refractivity contribution < 1.29 is 4.39 Å². The van der Waals surface area contributed by atoms with Gasteiger partial charge in [0, 0.05) is 18.6 Å². The molecule has 2 aromatic carbocycles. The average Bonchev–Trinajstić information content (AvgIpc) is 2.38. The molecular weight excluding hydrogens is 249 g/mol.